The van der Waals surface area contributed by atoms with Crippen molar-refractivity contribution in [2.45, 2.75) is 32.3 Å². The van der Waals surface area contributed by atoms with Crippen LogP contribution < -0.4 is 10.6 Å². The molecule has 1 aromatic rings. The van der Waals surface area contributed by atoms with E-state index in [0.29, 0.717) is 31.2 Å². The molecule has 5 nitrogen and oxygen atoms in total. The topological polar surface area (TPSA) is 70.1 Å². The molecule has 0 aliphatic heterocycles. The lowest BCUT2D eigenvalue weighted by atomic mass is 9.98. The first kappa shape index (κ1) is 14.2. The van der Waals surface area contributed by atoms with Gasteiger partial charge >= 0.3 is 0 Å². The summed E-state index contributed by atoms with van der Waals surface area (Å²) in [6.45, 7) is 4.41. The van der Waals surface area contributed by atoms with Gasteiger partial charge < -0.3 is 15.7 Å². The lowest BCUT2D eigenvalue weighted by Gasteiger charge is -2.25. The summed E-state index contributed by atoms with van der Waals surface area (Å²) in [6, 6.07) is 0. The molecule has 0 aliphatic carbocycles. The minimum Gasteiger partial charge on any atom is -0.388 e. The van der Waals surface area contributed by atoms with Crippen molar-refractivity contribution >= 4 is 27.7 Å². The Balaban J connectivity index is 2.74. The predicted octanol–water partition coefficient (Wildman–Crippen LogP) is 2.24. The number of anilines is 2. The summed E-state index contributed by atoms with van der Waals surface area (Å²) in [5.74, 6) is 1.23. The smallest absolute Gasteiger partial charge is 0.224 e. The van der Waals surface area contributed by atoms with Crippen LogP contribution in [0.1, 0.15) is 26.7 Å². The Morgan fingerprint density at radius 2 is 2.06 bits per heavy atom. The van der Waals surface area contributed by atoms with E-state index in [-0.39, 0.29) is 0 Å². The molecule has 1 aromatic heterocycles. The quantitative estimate of drug-likeness (QED) is 0.752. The van der Waals surface area contributed by atoms with Crippen molar-refractivity contribution in [3.05, 3.63) is 10.7 Å². The van der Waals surface area contributed by atoms with E-state index in [2.05, 4.69) is 36.5 Å². The van der Waals surface area contributed by atoms with Crippen LogP contribution in [0.5, 0.6) is 0 Å². The highest BCUT2D eigenvalue weighted by atomic mass is 79.9. The van der Waals surface area contributed by atoms with Gasteiger partial charge in [0.1, 0.15) is 5.82 Å². The number of hydrogen-bond donors (Lipinski definition) is 3. The first-order chi connectivity index (χ1) is 8.04. The number of nitrogens with zero attached hydrogens (tertiary/aromatic N) is 2. The highest BCUT2D eigenvalue weighted by Crippen LogP contribution is 2.22. The molecule has 3 N–H and O–H groups in total. The Labute approximate surface area is 110 Å². The molecule has 0 radical (unpaired) electrons. The van der Waals surface area contributed by atoms with Crippen molar-refractivity contribution < 1.29 is 5.11 Å². The van der Waals surface area contributed by atoms with Crippen LogP contribution in [0.2, 0.25) is 0 Å². The molecule has 0 saturated heterocycles. The minimum absolute atomic E-state index is 0.471. The average Bonchev–Trinajstić information content (AvgIpc) is 2.37. The fourth-order valence-corrected chi connectivity index (χ4v) is 1.69. The second-order valence-corrected chi connectivity index (χ2v) is 4.78. The van der Waals surface area contributed by atoms with Crippen molar-refractivity contribution in [2.75, 3.05) is 24.2 Å². The van der Waals surface area contributed by atoms with Crippen molar-refractivity contribution in [1.29, 1.82) is 0 Å². The summed E-state index contributed by atoms with van der Waals surface area (Å²) in [5.41, 5.74) is -0.690. The van der Waals surface area contributed by atoms with E-state index in [9.17, 15) is 5.11 Å². The third-order valence-electron chi connectivity index (χ3n) is 2.87. The third kappa shape index (κ3) is 3.81. The molecule has 96 valence electrons. The zero-order chi connectivity index (χ0) is 12.9. The van der Waals surface area contributed by atoms with E-state index < -0.39 is 5.60 Å². The molecule has 0 aromatic carbocycles. The molecule has 0 fully saturated rings. The molecule has 6 heteroatoms. The van der Waals surface area contributed by atoms with Crippen LogP contribution in [-0.2, 0) is 0 Å². The molecular weight excluding hydrogens is 284 g/mol. The van der Waals surface area contributed by atoms with Gasteiger partial charge in [-0.25, -0.2) is 4.98 Å². The van der Waals surface area contributed by atoms with Gasteiger partial charge in [0.05, 0.1) is 10.1 Å². The molecule has 0 unspecified atom stereocenters. The number of rotatable bonds is 6. The molecule has 0 amide bonds. The molecule has 0 atom stereocenters. The molecule has 17 heavy (non-hydrogen) atoms. The van der Waals surface area contributed by atoms with Gasteiger partial charge in [-0.15, -0.1) is 0 Å². The first-order valence-electron chi connectivity index (χ1n) is 5.71. The monoisotopic (exact) mass is 302 g/mol. The first-order valence-corrected chi connectivity index (χ1v) is 6.50. The Morgan fingerprint density at radius 3 is 2.59 bits per heavy atom. The maximum atomic E-state index is 10.2. The Kier molecular flexibility index (Phi) is 5.14. The molecule has 0 bridgehead atoms. The summed E-state index contributed by atoms with van der Waals surface area (Å²) in [5, 5.41) is 16.2. The van der Waals surface area contributed by atoms with Crippen LogP contribution in [0.3, 0.4) is 0 Å². The van der Waals surface area contributed by atoms with Gasteiger partial charge in [0.2, 0.25) is 5.95 Å². The lowest BCUT2D eigenvalue weighted by molar-refractivity contribution is 0.0456. The zero-order valence-electron chi connectivity index (χ0n) is 10.4. The average molecular weight is 303 g/mol. The van der Waals surface area contributed by atoms with Crippen LogP contribution in [0, 0.1) is 0 Å². The molecule has 1 heterocycles. The van der Waals surface area contributed by atoms with Gasteiger partial charge in [0, 0.05) is 19.8 Å². The van der Waals surface area contributed by atoms with E-state index in [4.69, 9.17) is 0 Å². The molecular formula is C11H19BrN4O. The van der Waals surface area contributed by atoms with E-state index in [1.165, 1.54) is 0 Å². The van der Waals surface area contributed by atoms with Crippen molar-refractivity contribution in [1.82, 2.24) is 9.97 Å². The Bertz CT molecular complexity index is 368. The van der Waals surface area contributed by atoms with Gasteiger partial charge in [-0.1, -0.05) is 13.8 Å². The van der Waals surface area contributed by atoms with Crippen LogP contribution in [-0.4, -0.2) is 34.3 Å². The maximum Gasteiger partial charge on any atom is 0.224 e. The molecule has 1 rings (SSSR count). The molecule has 0 saturated carbocycles. The number of halogens is 1. The van der Waals surface area contributed by atoms with Crippen LogP contribution in [0.25, 0.3) is 0 Å². The highest BCUT2D eigenvalue weighted by molar-refractivity contribution is 9.10. The van der Waals surface area contributed by atoms with E-state index in [0.717, 1.165) is 4.47 Å². The van der Waals surface area contributed by atoms with Gasteiger partial charge in [-0.2, -0.15) is 4.98 Å². The third-order valence-corrected chi connectivity index (χ3v) is 3.45. The van der Waals surface area contributed by atoms with Crippen molar-refractivity contribution in [3.8, 4) is 0 Å². The maximum absolute atomic E-state index is 10.2. The van der Waals surface area contributed by atoms with Gasteiger partial charge in [-0.3, -0.25) is 0 Å². The summed E-state index contributed by atoms with van der Waals surface area (Å²) in [7, 11) is 1.77. The Morgan fingerprint density at radius 1 is 1.41 bits per heavy atom. The minimum atomic E-state index is -0.690. The fourth-order valence-electron chi connectivity index (χ4n) is 1.36. The van der Waals surface area contributed by atoms with E-state index >= 15 is 0 Å². The standard InChI is InChI=1S/C11H19BrN4O/c1-4-11(17,5-2)7-15-9-8(12)6-14-10(13-3)16-9/h6,17H,4-5,7H2,1-3H3,(H2,13,14,15,16). The van der Waals surface area contributed by atoms with E-state index in [1.807, 2.05) is 13.8 Å². The normalized spacial score (nSPS) is 11.4. The fraction of sp³-hybridized carbons (Fsp3) is 0.636. The number of hydrogen-bond acceptors (Lipinski definition) is 5. The summed E-state index contributed by atoms with van der Waals surface area (Å²) < 4.78 is 0.783. The summed E-state index contributed by atoms with van der Waals surface area (Å²) in [6.07, 6.45) is 3.09. The SMILES string of the molecule is CCC(O)(CC)CNc1nc(NC)ncc1Br. The molecule has 0 aliphatic rings. The Hall–Kier alpha value is -0.880. The van der Waals surface area contributed by atoms with Crippen LogP contribution in [0.4, 0.5) is 11.8 Å². The summed E-state index contributed by atoms with van der Waals surface area (Å²) in [4.78, 5) is 8.34. The highest BCUT2D eigenvalue weighted by Gasteiger charge is 2.22. The van der Waals surface area contributed by atoms with Crippen LogP contribution in [0.15, 0.2) is 10.7 Å². The number of aliphatic hydroxyl groups is 1. The number of nitrogens with one attached hydrogen (secondary N) is 2. The predicted molar refractivity (Wildman–Crippen MR) is 73.3 cm³/mol. The lowest BCUT2D eigenvalue weighted by Crippen LogP contribution is -2.35. The van der Waals surface area contributed by atoms with Crippen molar-refractivity contribution in [2.24, 2.45) is 0 Å². The largest absolute Gasteiger partial charge is 0.388 e. The van der Waals surface area contributed by atoms with Gasteiger partial charge in [0.15, 0.2) is 0 Å². The second-order valence-electron chi connectivity index (χ2n) is 3.93. The van der Waals surface area contributed by atoms with E-state index in [1.54, 1.807) is 13.2 Å². The van der Waals surface area contributed by atoms with Crippen LogP contribution >= 0.6 is 15.9 Å². The van der Waals surface area contributed by atoms with Gasteiger partial charge in [0.25, 0.3) is 0 Å². The van der Waals surface area contributed by atoms with Crippen molar-refractivity contribution in [3.63, 3.8) is 0 Å². The second kappa shape index (κ2) is 6.16. The zero-order valence-corrected chi connectivity index (χ0v) is 12.0. The molecule has 0 spiro atoms. The summed E-state index contributed by atoms with van der Waals surface area (Å²) >= 11 is 3.37. The number of aromatic nitrogens is 2. The van der Waals surface area contributed by atoms with Gasteiger partial charge in [-0.05, 0) is 28.8 Å².